The van der Waals surface area contributed by atoms with E-state index >= 15 is 0 Å². The summed E-state index contributed by atoms with van der Waals surface area (Å²) in [7, 11) is 1.54. The minimum absolute atomic E-state index is 0.166. The normalized spacial score (nSPS) is 11.0. The number of alkyl halides is 1. The smallest absolute Gasteiger partial charge is 0.333 e. The topological polar surface area (TPSA) is 72.7 Å². The lowest BCUT2D eigenvalue weighted by Crippen LogP contribution is -2.38. The highest BCUT2D eigenvalue weighted by Crippen LogP contribution is 1.98. The summed E-state index contributed by atoms with van der Waals surface area (Å²) in [5.41, 5.74) is -0.297. The first-order valence-electron chi connectivity index (χ1n) is 3.85. The third-order valence-electron chi connectivity index (χ3n) is 2.03. The van der Waals surface area contributed by atoms with Crippen LogP contribution in [0.25, 0.3) is 11.2 Å². The predicted octanol–water partition coefficient (Wildman–Crippen LogP) is -0.380. The molecule has 0 aliphatic heterocycles. The molecule has 2 aromatic rings. The van der Waals surface area contributed by atoms with E-state index in [9.17, 15) is 9.59 Å². The van der Waals surface area contributed by atoms with Crippen molar-refractivity contribution >= 4 is 22.8 Å². The molecule has 0 bridgehead atoms. The quantitative estimate of drug-likeness (QED) is 0.658. The fourth-order valence-electron chi connectivity index (χ4n) is 1.30. The number of aryl methyl sites for hydroxylation is 1. The summed E-state index contributed by atoms with van der Waals surface area (Å²) < 4.78 is 2.21. The van der Waals surface area contributed by atoms with Gasteiger partial charge in [-0.2, -0.15) is 0 Å². The zero-order valence-corrected chi connectivity index (χ0v) is 8.08. The van der Waals surface area contributed by atoms with Crippen LogP contribution in [-0.4, -0.2) is 19.1 Å². The van der Waals surface area contributed by atoms with Crippen molar-refractivity contribution in [2.24, 2.45) is 7.05 Å². The van der Waals surface area contributed by atoms with Crippen LogP contribution in [0.1, 0.15) is 0 Å². The largest absolute Gasteiger partial charge is 0.339 e. The van der Waals surface area contributed by atoms with Crippen LogP contribution in [0.15, 0.2) is 15.9 Å². The summed E-state index contributed by atoms with van der Waals surface area (Å²) >= 11 is 5.49. The summed E-state index contributed by atoms with van der Waals surface area (Å²) in [6.07, 6.45) is 1.37. The number of aromatic amines is 1. The van der Waals surface area contributed by atoms with Crippen LogP contribution in [0.2, 0.25) is 0 Å². The Morgan fingerprint density at radius 2 is 2.29 bits per heavy atom. The number of halogens is 1. The molecule has 14 heavy (non-hydrogen) atoms. The molecular formula is C7H7ClN4O2. The molecule has 74 valence electrons. The molecule has 0 aliphatic carbocycles. The van der Waals surface area contributed by atoms with Gasteiger partial charge < -0.3 is 4.98 Å². The number of fused-ring (bicyclic) bond motifs is 1. The Bertz CT molecular complexity index is 594. The van der Waals surface area contributed by atoms with Crippen LogP contribution < -0.4 is 11.2 Å². The molecule has 0 aliphatic rings. The van der Waals surface area contributed by atoms with Gasteiger partial charge in [0, 0.05) is 7.05 Å². The molecular weight excluding hydrogens is 208 g/mol. The lowest BCUT2D eigenvalue weighted by atomic mass is 10.5. The van der Waals surface area contributed by atoms with Gasteiger partial charge in [-0.3, -0.25) is 9.36 Å². The predicted molar refractivity (Wildman–Crippen MR) is 51.4 cm³/mol. The average Bonchev–Trinajstić information content (AvgIpc) is 2.64. The Labute approximate surface area is 82.8 Å². The Morgan fingerprint density at radius 3 is 2.93 bits per heavy atom. The number of imidazole rings is 1. The van der Waals surface area contributed by atoms with E-state index in [1.807, 2.05) is 0 Å². The first-order valence-corrected chi connectivity index (χ1v) is 4.39. The maximum Gasteiger partial charge on any atom is 0.333 e. The van der Waals surface area contributed by atoms with Gasteiger partial charge in [0.1, 0.15) is 11.5 Å². The molecule has 6 nitrogen and oxygen atoms in total. The monoisotopic (exact) mass is 214 g/mol. The van der Waals surface area contributed by atoms with Crippen molar-refractivity contribution in [1.82, 2.24) is 19.1 Å². The molecule has 0 saturated heterocycles. The second-order valence-corrected chi connectivity index (χ2v) is 3.03. The van der Waals surface area contributed by atoms with E-state index in [1.54, 1.807) is 0 Å². The maximum atomic E-state index is 11.6. The molecule has 0 radical (unpaired) electrons. The summed E-state index contributed by atoms with van der Waals surface area (Å²) in [5, 5.41) is 0. The van der Waals surface area contributed by atoms with E-state index in [1.165, 1.54) is 17.9 Å². The van der Waals surface area contributed by atoms with Gasteiger partial charge >= 0.3 is 5.69 Å². The molecule has 7 heteroatoms. The minimum Gasteiger partial charge on any atom is -0.339 e. The van der Waals surface area contributed by atoms with Gasteiger partial charge in [-0.1, -0.05) is 0 Å². The van der Waals surface area contributed by atoms with Crippen molar-refractivity contribution in [2.45, 2.75) is 6.00 Å². The first-order chi connectivity index (χ1) is 6.66. The van der Waals surface area contributed by atoms with Crippen molar-refractivity contribution in [3.63, 3.8) is 0 Å². The van der Waals surface area contributed by atoms with Crippen LogP contribution in [0.3, 0.4) is 0 Å². The fourth-order valence-corrected chi connectivity index (χ4v) is 1.51. The zero-order chi connectivity index (χ0) is 10.3. The third-order valence-corrected chi connectivity index (χ3v) is 2.27. The van der Waals surface area contributed by atoms with Gasteiger partial charge in [-0.05, 0) is 0 Å². The summed E-state index contributed by atoms with van der Waals surface area (Å²) in [6, 6.07) is -0.166. The van der Waals surface area contributed by atoms with Gasteiger partial charge in [0.15, 0.2) is 5.65 Å². The van der Waals surface area contributed by atoms with Crippen molar-refractivity contribution in [1.29, 1.82) is 0 Å². The van der Waals surface area contributed by atoms with E-state index < -0.39 is 11.2 Å². The molecule has 0 unspecified atom stereocenters. The molecule has 2 heterocycles. The van der Waals surface area contributed by atoms with Gasteiger partial charge in [-0.25, -0.2) is 14.3 Å². The Balaban J connectivity index is 3.10. The van der Waals surface area contributed by atoms with Crippen LogP contribution in [-0.2, 0) is 13.1 Å². The van der Waals surface area contributed by atoms with Crippen molar-refractivity contribution in [3.05, 3.63) is 27.2 Å². The molecule has 0 fully saturated rings. The van der Waals surface area contributed by atoms with Gasteiger partial charge in [0.25, 0.3) is 5.56 Å². The molecule has 0 amide bonds. The first kappa shape index (κ1) is 9.01. The lowest BCUT2D eigenvalue weighted by Gasteiger charge is -2.03. The second kappa shape index (κ2) is 2.98. The van der Waals surface area contributed by atoms with Crippen molar-refractivity contribution in [3.8, 4) is 0 Å². The third kappa shape index (κ3) is 1.00. The number of nitrogens with one attached hydrogen (secondary N) is 1. The zero-order valence-electron chi connectivity index (χ0n) is 7.32. The highest BCUT2D eigenvalue weighted by molar-refractivity contribution is 6.15. The second-order valence-electron chi connectivity index (χ2n) is 2.80. The maximum absolute atomic E-state index is 11.6. The lowest BCUT2D eigenvalue weighted by molar-refractivity contribution is 0.695. The molecule has 1 N–H and O–H groups in total. The van der Waals surface area contributed by atoms with Crippen molar-refractivity contribution in [2.75, 3.05) is 0 Å². The number of rotatable bonds is 1. The highest BCUT2D eigenvalue weighted by Gasteiger charge is 2.11. The van der Waals surface area contributed by atoms with E-state index in [4.69, 9.17) is 11.6 Å². The van der Waals surface area contributed by atoms with Gasteiger partial charge in [0.2, 0.25) is 0 Å². The number of hydrogen-bond acceptors (Lipinski definition) is 3. The number of nitrogens with zero attached hydrogens (tertiary/aromatic N) is 3. The Kier molecular flexibility index (Phi) is 1.92. The number of hydrogen-bond donors (Lipinski definition) is 1. The van der Waals surface area contributed by atoms with Gasteiger partial charge in [-0.15, -0.1) is 11.6 Å². The summed E-state index contributed by atoms with van der Waals surface area (Å²) in [5.74, 6) is 0. The molecule has 0 aromatic carbocycles. The van der Waals surface area contributed by atoms with Crippen LogP contribution >= 0.6 is 11.6 Å². The average molecular weight is 215 g/mol. The fraction of sp³-hybridized carbons (Fsp3) is 0.286. The highest BCUT2D eigenvalue weighted by atomic mass is 35.5. The van der Waals surface area contributed by atoms with Crippen LogP contribution in [0.4, 0.5) is 0 Å². The van der Waals surface area contributed by atoms with E-state index in [-0.39, 0.29) is 11.5 Å². The minimum atomic E-state index is -0.468. The molecule has 0 spiro atoms. The van der Waals surface area contributed by atoms with Gasteiger partial charge in [0.05, 0.1) is 6.33 Å². The summed E-state index contributed by atoms with van der Waals surface area (Å²) in [6.45, 7) is 0. The number of H-pyrrole nitrogens is 1. The molecule has 0 atom stereocenters. The Morgan fingerprint density at radius 1 is 1.57 bits per heavy atom. The molecule has 0 saturated carbocycles. The SMILES string of the molecule is Cn1c(=O)n(CCl)c(=O)c2[nH]cnc21. The van der Waals surface area contributed by atoms with Crippen molar-refractivity contribution < 1.29 is 0 Å². The summed E-state index contributed by atoms with van der Waals surface area (Å²) in [4.78, 5) is 29.6. The molecule has 2 rings (SSSR count). The van der Waals surface area contributed by atoms with E-state index in [0.717, 1.165) is 4.57 Å². The van der Waals surface area contributed by atoms with Crippen LogP contribution in [0, 0.1) is 0 Å². The molecule has 2 aromatic heterocycles. The van der Waals surface area contributed by atoms with E-state index in [2.05, 4.69) is 9.97 Å². The number of aromatic nitrogens is 4. The Hall–Kier alpha value is -1.56. The van der Waals surface area contributed by atoms with Crippen LogP contribution in [0.5, 0.6) is 0 Å². The standard InChI is InChI=1S/C7H7ClN4O2/c1-11-5-4(9-3-10-5)6(13)12(2-8)7(11)14/h3H,2H2,1H3,(H,9,10). The van der Waals surface area contributed by atoms with E-state index in [0.29, 0.717) is 5.65 Å².